The highest BCUT2D eigenvalue weighted by atomic mass is 127. The molecule has 0 heterocycles. The molecule has 0 aliphatic heterocycles. The number of aliphatic hydroxyl groups excluding tert-OH is 1. The van der Waals surface area contributed by atoms with E-state index in [-0.39, 0.29) is 6.61 Å². The molecule has 1 N–H and O–H groups in total. The summed E-state index contributed by atoms with van der Waals surface area (Å²) >= 11 is 2.29. The van der Waals surface area contributed by atoms with Crippen molar-refractivity contribution in [1.82, 2.24) is 0 Å². The molecule has 0 spiro atoms. The molecule has 0 bridgehead atoms. The van der Waals surface area contributed by atoms with Crippen molar-refractivity contribution in [2.45, 2.75) is 0 Å². The van der Waals surface area contributed by atoms with Crippen LogP contribution < -0.4 is 4.74 Å². The van der Waals surface area contributed by atoms with E-state index < -0.39 is 0 Å². The van der Waals surface area contributed by atoms with Crippen molar-refractivity contribution in [3.05, 3.63) is 52.1 Å². The SMILES string of the molecule is OCCOc1ccc(-c2ccc(I)cc2)cc1. The number of aliphatic hydroxyl groups is 1. The molecule has 17 heavy (non-hydrogen) atoms. The zero-order chi connectivity index (χ0) is 12.1. The second-order valence-electron chi connectivity index (χ2n) is 3.60. The molecule has 2 rings (SSSR count). The van der Waals surface area contributed by atoms with Gasteiger partial charge in [-0.2, -0.15) is 0 Å². The average molecular weight is 340 g/mol. The van der Waals surface area contributed by atoms with E-state index in [0.29, 0.717) is 6.61 Å². The van der Waals surface area contributed by atoms with Gasteiger partial charge in [-0.1, -0.05) is 24.3 Å². The lowest BCUT2D eigenvalue weighted by Crippen LogP contribution is -2.01. The van der Waals surface area contributed by atoms with Crippen LogP contribution in [0, 0.1) is 3.57 Å². The van der Waals surface area contributed by atoms with Gasteiger partial charge in [0.2, 0.25) is 0 Å². The third kappa shape index (κ3) is 3.44. The van der Waals surface area contributed by atoms with Crippen LogP contribution in [0.25, 0.3) is 11.1 Å². The highest BCUT2D eigenvalue weighted by Crippen LogP contribution is 2.23. The molecule has 2 aromatic rings. The summed E-state index contributed by atoms with van der Waals surface area (Å²) < 4.78 is 6.54. The Bertz CT molecular complexity index is 463. The minimum atomic E-state index is 0.0405. The zero-order valence-corrected chi connectivity index (χ0v) is 11.4. The van der Waals surface area contributed by atoms with Crippen molar-refractivity contribution in [1.29, 1.82) is 0 Å². The Morgan fingerprint density at radius 3 is 1.94 bits per heavy atom. The van der Waals surface area contributed by atoms with Crippen molar-refractivity contribution in [2.75, 3.05) is 13.2 Å². The first-order chi connectivity index (χ1) is 8.29. The number of benzene rings is 2. The normalized spacial score (nSPS) is 10.2. The minimum Gasteiger partial charge on any atom is -0.491 e. The van der Waals surface area contributed by atoms with Gasteiger partial charge in [0.25, 0.3) is 0 Å². The summed E-state index contributed by atoms with van der Waals surface area (Å²) in [4.78, 5) is 0. The van der Waals surface area contributed by atoms with Crippen LogP contribution in [-0.4, -0.2) is 18.3 Å². The maximum absolute atomic E-state index is 8.66. The molecule has 0 atom stereocenters. The molecular weight excluding hydrogens is 327 g/mol. The van der Waals surface area contributed by atoms with Crippen molar-refractivity contribution < 1.29 is 9.84 Å². The highest BCUT2D eigenvalue weighted by Gasteiger charge is 1.98. The maximum atomic E-state index is 8.66. The lowest BCUT2D eigenvalue weighted by Gasteiger charge is -2.06. The number of hydrogen-bond donors (Lipinski definition) is 1. The molecule has 2 aromatic carbocycles. The van der Waals surface area contributed by atoms with E-state index in [1.54, 1.807) is 0 Å². The molecule has 0 saturated carbocycles. The monoisotopic (exact) mass is 340 g/mol. The van der Waals surface area contributed by atoms with Gasteiger partial charge in [0.05, 0.1) is 6.61 Å². The van der Waals surface area contributed by atoms with Crippen molar-refractivity contribution >= 4 is 22.6 Å². The smallest absolute Gasteiger partial charge is 0.119 e. The maximum Gasteiger partial charge on any atom is 0.119 e. The summed E-state index contributed by atoms with van der Waals surface area (Å²) in [5.41, 5.74) is 2.36. The number of rotatable bonds is 4. The fourth-order valence-electron chi connectivity index (χ4n) is 1.55. The van der Waals surface area contributed by atoms with Gasteiger partial charge in [-0.3, -0.25) is 0 Å². The summed E-state index contributed by atoms with van der Waals surface area (Å²) in [6.07, 6.45) is 0. The summed E-state index contributed by atoms with van der Waals surface area (Å²) in [6, 6.07) is 16.3. The second kappa shape index (κ2) is 6.02. The molecule has 0 amide bonds. The fourth-order valence-corrected chi connectivity index (χ4v) is 1.91. The van der Waals surface area contributed by atoms with E-state index in [1.165, 1.54) is 9.13 Å². The van der Waals surface area contributed by atoms with Crippen LogP contribution >= 0.6 is 22.6 Å². The lowest BCUT2D eigenvalue weighted by molar-refractivity contribution is 0.201. The van der Waals surface area contributed by atoms with Crippen LogP contribution in [-0.2, 0) is 0 Å². The van der Waals surface area contributed by atoms with Crippen molar-refractivity contribution in [2.24, 2.45) is 0 Å². The number of ether oxygens (including phenoxy) is 1. The summed E-state index contributed by atoms with van der Waals surface area (Å²) in [5.74, 6) is 0.785. The van der Waals surface area contributed by atoms with Gasteiger partial charge in [0, 0.05) is 3.57 Å². The lowest BCUT2D eigenvalue weighted by atomic mass is 10.1. The molecule has 0 radical (unpaired) electrons. The quantitative estimate of drug-likeness (QED) is 0.866. The minimum absolute atomic E-state index is 0.0405. The van der Waals surface area contributed by atoms with Gasteiger partial charge in [-0.25, -0.2) is 0 Å². The Hall–Kier alpha value is -1.07. The molecule has 88 valence electrons. The van der Waals surface area contributed by atoms with Gasteiger partial charge in [0.1, 0.15) is 12.4 Å². The Balaban J connectivity index is 2.14. The summed E-state index contributed by atoms with van der Waals surface area (Å²) in [6.45, 7) is 0.377. The molecule has 0 fully saturated rings. The first-order valence-corrected chi connectivity index (χ1v) is 6.47. The molecule has 0 aromatic heterocycles. The van der Waals surface area contributed by atoms with Crippen molar-refractivity contribution in [3.8, 4) is 16.9 Å². The Morgan fingerprint density at radius 2 is 1.41 bits per heavy atom. The third-order valence-corrected chi connectivity index (χ3v) is 3.11. The number of hydrogen-bond acceptors (Lipinski definition) is 2. The fraction of sp³-hybridized carbons (Fsp3) is 0.143. The van der Waals surface area contributed by atoms with Gasteiger partial charge in [0.15, 0.2) is 0 Å². The molecule has 0 saturated heterocycles. The zero-order valence-electron chi connectivity index (χ0n) is 9.27. The van der Waals surface area contributed by atoms with Crippen LogP contribution in [0.15, 0.2) is 48.5 Å². The largest absolute Gasteiger partial charge is 0.491 e. The third-order valence-electron chi connectivity index (χ3n) is 2.39. The van der Waals surface area contributed by atoms with Crippen LogP contribution in [0.3, 0.4) is 0 Å². The van der Waals surface area contributed by atoms with Crippen LogP contribution in [0.1, 0.15) is 0 Å². The van der Waals surface area contributed by atoms with Gasteiger partial charge < -0.3 is 9.84 Å². The Morgan fingerprint density at radius 1 is 0.882 bits per heavy atom. The molecule has 0 unspecified atom stereocenters. The Kier molecular flexibility index (Phi) is 4.39. The molecular formula is C14H13IO2. The molecule has 3 heteroatoms. The van der Waals surface area contributed by atoms with Crippen LogP contribution in [0.2, 0.25) is 0 Å². The summed E-state index contributed by atoms with van der Waals surface area (Å²) in [7, 11) is 0. The average Bonchev–Trinajstić information content (AvgIpc) is 2.38. The van der Waals surface area contributed by atoms with E-state index in [4.69, 9.17) is 9.84 Å². The summed E-state index contributed by atoms with van der Waals surface area (Å²) in [5, 5.41) is 8.66. The van der Waals surface area contributed by atoms with Crippen molar-refractivity contribution in [3.63, 3.8) is 0 Å². The molecule has 0 aliphatic carbocycles. The first-order valence-electron chi connectivity index (χ1n) is 5.39. The van der Waals surface area contributed by atoms with E-state index in [9.17, 15) is 0 Å². The highest BCUT2D eigenvalue weighted by molar-refractivity contribution is 14.1. The van der Waals surface area contributed by atoms with Crippen LogP contribution in [0.5, 0.6) is 5.75 Å². The van der Waals surface area contributed by atoms with E-state index in [2.05, 4.69) is 46.9 Å². The van der Waals surface area contributed by atoms with E-state index >= 15 is 0 Å². The predicted molar refractivity (Wildman–Crippen MR) is 77.2 cm³/mol. The predicted octanol–water partition coefficient (Wildman–Crippen LogP) is 3.33. The van der Waals surface area contributed by atoms with Gasteiger partial charge in [-0.15, -0.1) is 0 Å². The standard InChI is InChI=1S/C14H13IO2/c15-13-5-1-11(2-6-13)12-3-7-14(8-4-12)17-10-9-16/h1-8,16H,9-10H2. The van der Waals surface area contributed by atoms with Gasteiger partial charge >= 0.3 is 0 Å². The topological polar surface area (TPSA) is 29.5 Å². The number of halogens is 1. The molecule has 0 aliphatic rings. The van der Waals surface area contributed by atoms with Gasteiger partial charge in [-0.05, 0) is 58.0 Å². The van der Waals surface area contributed by atoms with Crippen LogP contribution in [0.4, 0.5) is 0 Å². The first kappa shape index (κ1) is 12.4. The molecule has 2 nitrogen and oxygen atoms in total. The van der Waals surface area contributed by atoms with E-state index in [1.807, 2.05) is 24.3 Å². The Labute approximate surface area is 114 Å². The second-order valence-corrected chi connectivity index (χ2v) is 4.85. The van der Waals surface area contributed by atoms with E-state index in [0.717, 1.165) is 11.3 Å².